The predicted molar refractivity (Wildman–Crippen MR) is 112 cm³/mol. The highest BCUT2D eigenvalue weighted by Crippen LogP contribution is 2.22. The zero-order valence-electron chi connectivity index (χ0n) is 16.0. The minimum Gasteiger partial charge on any atom is -0.322 e. The van der Waals surface area contributed by atoms with Crippen LogP contribution >= 0.6 is 0 Å². The first-order valence-electron chi connectivity index (χ1n) is 9.05. The lowest BCUT2D eigenvalue weighted by Crippen LogP contribution is -2.18. The number of sulfonamides is 1. The number of anilines is 2. The number of para-hydroxylation sites is 1. The van der Waals surface area contributed by atoms with E-state index in [2.05, 4.69) is 23.9 Å². The minimum atomic E-state index is -3.97. The summed E-state index contributed by atoms with van der Waals surface area (Å²) in [5, 5.41) is 2.77. The van der Waals surface area contributed by atoms with Crippen LogP contribution in [-0.4, -0.2) is 14.3 Å². The Kier molecular flexibility index (Phi) is 5.98. The van der Waals surface area contributed by atoms with Crippen LogP contribution < -0.4 is 10.0 Å². The third kappa shape index (κ3) is 5.00. The van der Waals surface area contributed by atoms with E-state index in [1.54, 1.807) is 24.3 Å². The molecule has 0 fully saturated rings. The highest BCUT2D eigenvalue weighted by Gasteiger charge is 2.19. The molecule has 3 rings (SSSR count). The molecule has 0 radical (unpaired) electrons. The third-order valence-corrected chi connectivity index (χ3v) is 5.76. The van der Waals surface area contributed by atoms with Crippen molar-refractivity contribution in [2.75, 3.05) is 10.0 Å². The standard InChI is InChI=1S/C22H21FN2O3S/c1-15(2)16-7-11-18(12-8-16)24-22(26)20-5-3-4-6-21(20)25-29(27,28)19-13-9-17(23)10-14-19/h3-15,25H,1-2H3,(H,24,26). The molecule has 0 aliphatic rings. The van der Waals surface area contributed by atoms with Gasteiger partial charge in [0, 0.05) is 5.69 Å². The second kappa shape index (κ2) is 8.45. The first-order valence-corrected chi connectivity index (χ1v) is 10.5. The molecule has 0 aliphatic heterocycles. The minimum absolute atomic E-state index is 0.0987. The van der Waals surface area contributed by atoms with Crippen LogP contribution in [0.15, 0.2) is 77.7 Å². The van der Waals surface area contributed by atoms with E-state index in [1.165, 1.54) is 12.1 Å². The zero-order valence-corrected chi connectivity index (χ0v) is 16.8. The van der Waals surface area contributed by atoms with Gasteiger partial charge in [-0.3, -0.25) is 9.52 Å². The topological polar surface area (TPSA) is 75.3 Å². The summed E-state index contributed by atoms with van der Waals surface area (Å²) < 4.78 is 40.6. The van der Waals surface area contributed by atoms with E-state index in [1.807, 2.05) is 12.1 Å². The van der Waals surface area contributed by atoms with Crippen LogP contribution in [0, 0.1) is 5.82 Å². The first kappa shape index (κ1) is 20.5. The summed E-state index contributed by atoms with van der Waals surface area (Å²) in [5.74, 6) is -0.603. The average Bonchev–Trinajstić information content (AvgIpc) is 2.69. The summed E-state index contributed by atoms with van der Waals surface area (Å²) in [4.78, 5) is 12.6. The zero-order chi connectivity index (χ0) is 21.0. The lowest BCUT2D eigenvalue weighted by atomic mass is 10.0. The molecule has 0 atom stereocenters. The van der Waals surface area contributed by atoms with E-state index in [9.17, 15) is 17.6 Å². The molecule has 0 bridgehead atoms. The van der Waals surface area contributed by atoms with Crippen molar-refractivity contribution in [1.29, 1.82) is 0 Å². The second-order valence-corrected chi connectivity index (χ2v) is 8.52. The Balaban J connectivity index is 1.82. The van der Waals surface area contributed by atoms with Crippen molar-refractivity contribution in [2.45, 2.75) is 24.7 Å². The van der Waals surface area contributed by atoms with E-state index in [0.29, 0.717) is 11.6 Å². The number of benzene rings is 3. The largest absolute Gasteiger partial charge is 0.322 e. The van der Waals surface area contributed by atoms with Crippen LogP contribution in [0.1, 0.15) is 35.7 Å². The molecule has 150 valence electrons. The summed E-state index contributed by atoms with van der Waals surface area (Å²) in [7, 11) is -3.97. The van der Waals surface area contributed by atoms with E-state index in [-0.39, 0.29) is 16.1 Å². The molecule has 0 saturated heterocycles. The predicted octanol–water partition coefficient (Wildman–Crippen LogP) is 5.00. The molecule has 0 aliphatic carbocycles. The number of hydrogen-bond donors (Lipinski definition) is 2. The molecule has 1 amide bonds. The van der Waals surface area contributed by atoms with Crippen LogP contribution in [0.5, 0.6) is 0 Å². The van der Waals surface area contributed by atoms with E-state index < -0.39 is 21.7 Å². The fraction of sp³-hybridized carbons (Fsp3) is 0.136. The van der Waals surface area contributed by atoms with Gasteiger partial charge < -0.3 is 5.32 Å². The number of halogens is 1. The van der Waals surface area contributed by atoms with Gasteiger partial charge in [-0.25, -0.2) is 12.8 Å². The van der Waals surface area contributed by atoms with Crippen LogP contribution in [0.25, 0.3) is 0 Å². The van der Waals surface area contributed by atoms with Crippen molar-refractivity contribution >= 4 is 27.3 Å². The third-order valence-electron chi connectivity index (χ3n) is 4.38. The summed E-state index contributed by atoms with van der Waals surface area (Å²) in [6.45, 7) is 4.16. The second-order valence-electron chi connectivity index (χ2n) is 6.84. The van der Waals surface area contributed by atoms with Gasteiger partial charge in [0.05, 0.1) is 16.1 Å². The molecule has 29 heavy (non-hydrogen) atoms. The Morgan fingerprint density at radius 2 is 1.52 bits per heavy atom. The van der Waals surface area contributed by atoms with Gasteiger partial charge in [-0.2, -0.15) is 0 Å². The van der Waals surface area contributed by atoms with Crippen molar-refractivity contribution in [3.63, 3.8) is 0 Å². The summed E-state index contributed by atoms with van der Waals surface area (Å²) in [6.07, 6.45) is 0. The van der Waals surface area contributed by atoms with E-state index >= 15 is 0 Å². The van der Waals surface area contributed by atoms with Crippen molar-refractivity contribution in [1.82, 2.24) is 0 Å². The Morgan fingerprint density at radius 3 is 2.14 bits per heavy atom. The summed E-state index contributed by atoms with van der Waals surface area (Å²) in [5.41, 5.74) is 2.06. The molecular weight excluding hydrogens is 391 g/mol. The smallest absolute Gasteiger partial charge is 0.261 e. The SMILES string of the molecule is CC(C)c1ccc(NC(=O)c2ccccc2NS(=O)(=O)c2ccc(F)cc2)cc1. The average molecular weight is 412 g/mol. The number of nitrogens with one attached hydrogen (secondary N) is 2. The van der Waals surface area contributed by atoms with Crippen LogP contribution in [-0.2, 0) is 10.0 Å². The van der Waals surface area contributed by atoms with Crippen LogP contribution in [0.2, 0.25) is 0 Å². The molecule has 5 nitrogen and oxygen atoms in total. The fourth-order valence-electron chi connectivity index (χ4n) is 2.74. The van der Waals surface area contributed by atoms with Gasteiger partial charge in [0.1, 0.15) is 5.82 Å². The lowest BCUT2D eigenvalue weighted by molar-refractivity contribution is 0.102. The number of carbonyl (C=O) groups is 1. The molecule has 0 aromatic heterocycles. The maximum absolute atomic E-state index is 13.1. The quantitative estimate of drug-likeness (QED) is 0.598. The summed E-state index contributed by atoms with van der Waals surface area (Å²) >= 11 is 0. The molecule has 3 aromatic rings. The molecule has 0 saturated carbocycles. The molecule has 3 aromatic carbocycles. The number of carbonyl (C=O) groups excluding carboxylic acids is 1. The molecule has 0 unspecified atom stereocenters. The lowest BCUT2D eigenvalue weighted by Gasteiger charge is -2.13. The van der Waals surface area contributed by atoms with Gasteiger partial charge in [-0.15, -0.1) is 0 Å². The van der Waals surface area contributed by atoms with Crippen molar-refractivity contribution in [3.05, 3.63) is 89.7 Å². The molecule has 0 heterocycles. The fourth-order valence-corrected chi connectivity index (χ4v) is 3.82. The monoisotopic (exact) mass is 412 g/mol. The number of hydrogen-bond acceptors (Lipinski definition) is 3. The van der Waals surface area contributed by atoms with Crippen LogP contribution in [0.4, 0.5) is 15.8 Å². The Bertz CT molecular complexity index is 1110. The molecule has 7 heteroatoms. The Hall–Kier alpha value is -3.19. The van der Waals surface area contributed by atoms with Gasteiger partial charge in [0.2, 0.25) is 0 Å². The Labute approximate surface area is 169 Å². The molecule has 2 N–H and O–H groups in total. The maximum Gasteiger partial charge on any atom is 0.261 e. The van der Waals surface area contributed by atoms with Gasteiger partial charge in [0.25, 0.3) is 15.9 Å². The highest BCUT2D eigenvalue weighted by atomic mass is 32.2. The van der Waals surface area contributed by atoms with Gasteiger partial charge >= 0.3 is 0 Å². The number of rotatable bonds is 6. The first-order chi connectivity index (χ1) is 13.8. The maximum atomic E-state index is 13.1. The van der Waals surface area contributed by atoms with E-state index in [4.69, 9.17) is 0 Å². The van der Waals surface area contributed by atoms with Crippen molar-refractivity contribution in [3.8, 4) is 0 Å². The Morgan fingerprint density at radius 1 is 0.897 bits per heavy atom. The summed E-state index contributed by atoms with van der Waals surface area (Å²) in [6, 6.07) is 18.2. The van der Waals surface area contributed by atoms with Gasteiger partial charge in [-0.05, 0) is 60.0 Å². The normalized spacial score (nSPS) is 11.3. The van der Waals surface area contributed by atoms with Crippen LogP contribution in [0.3, 0.4) is 0 Å². The van der Waals surface area contributed by atoms with Crippen molar-refractivity contribution in [2.24, 2.45) is 0 Å². The molecule has 0 spiro atoms. The van der Waals surface area contributed by atoms with E-state index in [0.717, 1.165) is 29.8 Å². The highest BCUT2D eigenvalue weighted by molar-refractivity contribution is 7.92. The van der Waals surface area contributed by atoms with Gasteiger partial charge in [0.15, 0.2) is 0 Å². The molecular formula is C22H21FN2O3S. The number of amides is 1. The van der Waals surface area contributed by atoms with Crippen molar-refractivity contribution < 1.29 is 17.6 Å². The van der Waals surface area contributed by atoms with Gasteiger partial charge in [-0.1, -0.05) is 38.1 Å².